The fourth-order valence-electron chi connectivity index (χ4n) is 1.80. The van der Waals surface area contributed by atoms with Gasteiger partial charge in [0.05, 0.1) is 6.61 Å². The summed E-state index contributed by atoms with van der Waals surface area (Å²) >= 11 is 0. The molecule has 1 atom stereocenters. The van der Waals surface area contributed by atoms with Crippen LogP contribution in [0.2, 0.25) is 0 Å². The Morgan fingerprint density at radius 1 is 1.33 bits per heavy atom. The summed E-state index contributed by atoms with van der Waals surface area (Å²) in [7, 11) is 0. The summed E-state index contributed by atoms with van der Waals surface area (Å²) in [6.45, 7) is 3.59. The van der Waals surface area contributed by atoms with Crippen LogP contribution in [0.25, 0.3) is 0 Å². The molecule has 0 aromatic heterocycles. The van der Waals surface area contributed by atoms with E-state index in [1.165, 1.54) is 18.4 Å². The Hall–Kier alpha value is -1.02. The van der Waals surface area contributed by atoms with E-state index in [1.807, 2.05) is 12.1 Å². The molecule has 2 rings (SSSR count). The van der Waals surface area contributed by atoms with Crippen molar-refractivity contribution in [2.45, 2.75) is 19.8 Å². The highest BCUT2D eigenvalue weighted by molar-refractivity contribution is 5.26. The smallest absolute Gasteiger partial charge is 0.119 e. The largest absolute Gasteiger partial charge is 0.493 e. The Bertz CT molecular complexity index is 303. The first kappa shape index (κ1) is 10.5. The standard InChI is InChI=1S/C13H19NO/c1-10-2-6-13(7-3-10)15-9-12(8-14)11-4-5-11/h2-3,6-7,11-12H,4-5,8-9,14H2,1H3. The second-order valence-corrected chi connectivity index (χ2v) is 4.46. The van der Waals surface area contributed by atoms with E-state index < -0.39 is 0 Å². The maximum Gasteiger partial charge on any atom is 0.119 e. The first-order valence-electron chi connectivity index (χ1n) is 5.69. The first-order chi connectivity index (χ1) is 7.29. The van der Waals surface area contributed by atoms with Gasteiger partial charge in [-0.25, -0.2) is 0 Å². The predicted molar refractivity (Wildman–Crippen MR) is 61.9 cm³/mol. The van der Waals surface area contributed by atoms with Crippen LogP contribution in [0.3, 0.4) is 0 Å². The summed E-state index contributed by atoms with van der Waals surface area (Å²) in [5.74, 6) is 2.33. The quantitative estimate of drug-likeness (QED) is 0.801. The van der Waals surface area contributed by atoms with Gasteiger partial charge in [-0.3, -0.25) is 0 Å². The van der Waals surface area contributed by atoms with E-state index in [4.69, 9.17) is 10.5 Å². The van der Waals surface area contributed by atoms with Gasteiger partial charge in [0.15, 0.2) is 0 Å². The predicted octanol–water partition coefficient (Wildman–Crippen LogP) is 2.36. The van der Waals surface area contributed by atoms with Gasteiger partial charge in [-0.2, -0.15) is 0 Å². The molecule has 1 aliphatic rings. The zero-order valence-corrected chi connectivity index (χ0v) is 9.28. The lowest BCUT2D eigenvalue weighted by Crippen LogP contribution is -2.23. The number of hydrogen-bond acceptors (Lipinski definition) is 2. The third-order valence-corrected chi connectivity index (χ3v) is 3.08. The molecule has 1 saturated carbocycles. The minimum absolute atomic E-state index is 0.548. The fraction of sp³-hybridized carbons (Fsp3) is 0.538. The zero-order chi connectivity index (χ0) is 10.7. The molecule has 1 aromatic carbocycles. The van der Waals surface area contributed by atoms with Gasteiger partial charge in [0.2, 0.25) is 0 Å². The van der Waals surface area contributed by atoms with Gasteiger partial charge in [0.25, 0.3) is 0 Å². The Labute approximate surface area is 91.4 Å². The molecule has 15 heavy (non-hydrogen) atoms. The molecule has 0 radical (unpaired) electrons. The molecular weight excluding hydrogens is 186 g/mol. The molecule has 0 aliphatic heterocycles. The average molecular weight is 205 g/mol. The van der Waals surface area contributed by atoms with Crippen LogP contribution in [-0.4, -0.2) is 13.2 Å². The van der Waals surface area contributed by atoms with Crippen molar-refractivity contribution < 1.29 is 4.74 Å². The summed E-state index contributed by atoms with van der Waals surface area (Å²) in [5.41, 5.74) is 6.99. The van der Waals surface area contributed by atoms with Crippen molar-refractivity contribution in [1.82, 2.24) is 0 Å². The van der Waals surface area contributed by atoms with E-state index >= 15 is 0 Å². The highest BCUT2D eigenvalue weighted by Crippen LogP contribution is 2.36. The minimum Gasteiger partial charge on any atom is -0.493 e. The highest BCUT2D eigenvalue weighted by Gasteiger charge is 2.30. The molecule has 0 heterocycles. The number of hydrogen-bond donors (Lipinski definition) is 1. The van der Waals surface area contributed by atoms with Crippen LogP contribution in [0, 0.1) is 18.8 Å². The van der Waals surface area contributed by atoms with Crippen molar-refractivity contribution in [2.24, 2.45) is 17.6 Å². The van der Waals surface area contributed by atoms with Gasteiger partial charge in [0, 0.05) is 5.92 Å². The van der Waals surface area contributed by atoms with Gasteiger partial charge < -0.3 is 10.5 Å². The molecule has 1 unspecified atom stereocenters. The third kappa shape index (κ3) is 2.96. The summed E-state index contributed by atoms with van der Waals surface area (Å²) in [4.78, 5) is 0. The summed E-state index contributed by atoms with van der Waals surface area (Å²) in [6, 6.07) is 8.19. The van der Waals surface area contributed by atoms with E-state index in [9.17, 15) is 0 Å². The van der Waals surface area contributed by atoms with Gasteiger partial charge in [-0.05, 0) is 44.4 Å². The Morgan fingerprint density at radius 2 is 2.00 bits per heavy atom. The van der Waals surface area contributed by atoms with Crippen LogP contribution in [-0.2, 0) is 0 Å². The van der Waals surface area contributed by atoms with Crippen molar-refractivity contribution in [2.75, 3.05) is 13.2 Å². The number of aryl methyl sites for hydroxylation is 1. The van der Waals surface area contributed by atoms with E-state index in [1.54, 1.807) is 0 Å². The average Bonchev–Trinajstić information content (AvgIpc) is 3.06. The maximum atomic E-state index is 5.74. The minimum atomic E-state index is 0.548. The normalized spacial score (nSPS) is 17.5. The Kier molecular flexibility index (Phi) is 3.27. The maximum absolute atomic E-state index is 5.74. The van der Waals surface area contributed by atoms with Gasteiger partial charge in [0.1, 0.15) is 5.75 Å². The van der Waals surface area contributed by atoms with Gasteiger partial charge >= 0.3 is 0 Å². The molecule has 0 amide bonds. The van der Waals surface area contributed by atoms with Crippen molar-refractivity contribution in [3.63, 3.8) is 0 Å². The number of nitrogens with two attached hydrogens (primary N) is 1. The summed E-state index contributed by atoms with van der Waals surface area (Å²) in [5, 5.41) is 0. The lowest BCUT2D eigenvalue weighted by Gasteiger charge is -2.14. The van der Waals surface area contributed by atoms with Gasteiger partial charge in [-0.15, -0.1) is 0 Å². The second kappa shape index (κ2) is 4.67. The number of ether oxygens (including phenoxy) is 1. The second-order valence-electron chi connectivity index (χ2n) is 4.46. The lowest BCUT2D eigenvalue weighted by molar-refractivity contribution is 0.236. The van der Waals surface area contributed by atoms with Crippen molar-refractivity contribution in [3.8, 4) is 5.75 Å². The molecule has 1 aliphatic carbocycles. The highest BCUT2D eigenvalue weighted by atomic mass is 16.5. The fourth-order valence-corrected chi connectivity index (χ4v) is 1.80. The SMILES string of the molecule is Cc1ccc(OCC(CN)C2CC2)cc1. The molecule has 0 spiro atoms. The van der Waals surface area contributed by atoms with Crippen LogP contribution in [0.1, 0.15) is 18.4 Å². The van der Waals surface area contributed by atoms with E-state index in [2.05, 4.69) is 19.1 Å². The van der Waals surface area contributed by atoms with Gasteiger partial charge in [-0.1, -0.05) is 17.7 Å². The van der Waals surface area contributed by atoms with Crippen molar-refractivity contribution >= 4 is 0 Å². The molecule has 0 bridgehead atoms. The van der Waals surface area contributed by atoms with E-state index in [-0.39, 0.29) is 0 Å². The van der Waals surface area contributed by atoms with Crippen molar-refractivity contribution in [3.05, 3.63) is 29.8 Å². The summed E-state index contributed by atoms with van der Waals surface area (Å²) in [6.07, 6.45) is 2.66. The van der Waals surface area contributed by atoms with Crippen LogP contribution in [0.15, 0.2) is 24.3 Å². The van der Waals surface area contributed by atoms with Crippen LogP contribution < -0.4 is 10.5 Å². The van der Waals surface area contributed by atoms with Crippen LogP contribution in [0.4, 0.5) is 0 Å². The zero-order valence-electron chi connectivity index (χ0n) is 9.28. The molecule has 2 nitrogen and oxygen atoms in total. The van der Waals surface area contributed by atoms with Crippen LogP contribution in [0.5, 0.6) is 5.75 Å². The first-order valence-corrected chi connectivity index (χ1v) is 5.69. The van der Waals surface area contributed by atoms with E-state index in [0.717, 1.165) is 24.8 Å². The van der Waals surface area contributed by atoms with E-state index in [0.29, 0.717) is 5.92 Å². The Balaban J connectivity index is 1.83. The topological polar surface area (TPSA) is 35.2 Å². The monoisotopic (exact) mass is 205 g/mol. The third-order valence-electron chi connectivity index (χ3n) is 3.08. The number of rotatable bonds is 5. The molecule has 0 saturated heterocycles. The van der Waals surface area contributed by atoms with Crippen LogP contribution >= 0.6 is 0 Å². The molecule has 2 heteroatoms. The molecular formula is C13H19NO. The summed E-state index contributed by atoms with van der Waals surface area (Å²) < 4.78 is 5.74. The number of benzene rings is 1. The van der Waals surface area contributed by atoms with Crippen molar-refractivity contribution in [1.29, 1.82) is 0 Å². The lowest BCUT2D eigenvalue weighted by atomic mass is 10.1. The Morgan fingerprint density at radius 3 is 2.53 bits per heavy atom. The molecule has 1 fully saturated rings. The molecule has 82 valence electrons. The molecule has 1 aromatic rings. The molecule has 2 N–H and O–H groups in total.